The lowest BCUT2D eigenvalue weighted by Gasteiger charge is -2.34. The summed E-state index contributed by atoms with van der Waals surface area (Å²) in [6.45, 7) is -0.110. The summed E-state index contributed by atoms with van der Waals surface area (Å²) in [5.41, 5.74) is -1.49. The Labute approximate surface area is 514 Å². The zero-order chi connectivity index (χ0) is 65.6. The van der Waals surface area contributed by atoms with E-state index < -0.39 is 129 Å². The minimum Gasteiger partial charge on any atom is -0.393 e. The molecule has 5 aliphatic heterocycles. The summed E-state index contributed by atoms with van der Waals surface area (Å²) < 4.78 is 130. The second-order valence-electron chi connectivity index (χ2n) is 21.5. The average Bonchev–Trinajstić information content (AvgIpc) is 1.54. The quantitative estimate of drug-likeness (QED) is 0.0498. The lowest BCUT2D eigenvalue weighted by Crippen LogP contribution is -2.52. The number of hydrogen-bond donors (Lipinski definition) is 10. The Hall–Kier alpha value is -6.75. The lowest BCUT2D eigenvalue weighted by atomic mass is 9.83. The van der Waals surface area contributed by atoms with Crippen LogP contribution in [0.25, 0.3) is 21.6 Å². The number of carbonyl (C=O) groups excluding carboxylic acids is 8. The van der Waals surface area contributed by atoms with Crippen LogP contribution in [0, 0.1) is 19.8 Å². The summed E-state index contributed by atoms with van der Waals surface area (Å²) in [6.07, 6.45) is -0.584. The molecule has 37 heteroatoms. The summed E-state index contributed by atoms with van der Waals surface area (Å²) in [7, 11) is -20.3. The molecule has 10 N–H and O–H groups in total. The molecule has 0 spiro atoms. The van der Waals surface area contributed by atoms with Crippen LogP contribution in [0.15, 0.2) is 47.7 Å². The highest BCUT2D eigenvalue weighted by Crippen LogP contribution is 2.53. The fraction of sp³-hybridized carbons (Fsp3) is 0.404. The Bertz CT molecular complexity index is 4090. The molecule has 4 aromatic rings. The van der Waals surface area contributed by atoms with Crippen LogP contribution in [-0.4, -0.2) is 157 Å². The van der Waals surface area contributed by atoms with Gasteiger partial charge < -0.3 is 63.3 Å². The van der Waals surface area contributed by atoms with Crippen molar-refractivity contribution in [1.82, 2.24) is 30.8 Å². The number of nitrogens with one attached hydrogen (secondary N) is 4. The molecule has 89 heavy (non-hydrogen) atoms. The molecular weight excluding hydrogens is 1300 g/mol. The van der Waals surface area contributed by atoms with Gasteiger partial charge in [-0.25, -0.2) is 4.79 Å². The lowest BCUT2D eigenvalue weighted by molar-refractivity contribution is -0.363. The molecule has 2 unspecified atom stereocenters. The highest BCUT2D eigenvalue weighted by atomic mass is 32.2. The van der Waals surface area contributed by atoms with E-state index in [1.807, 2.05) is 5.32 Å². The maximum Gasteiger partial charge on any atom is 0.737 e. The molecule has 6 amide bonds. The molecule has 8 heterocycles. The molecule has 1 fully saturated rings. The average molecular weight is 1360 g/mol. The second-order valence-corrected chi connectivity index (χ2v) is 30.4. The molecule has 0 saturated carbocycles. The van der Waals surface area contributed by atoms with Crippen molar-refractivity contribution < 1.29 is 111 Å². The van der Waals surface area contributed by atoms with E-state index in [1.165, 1.54) is 52.0 Å². The number of thiophene rings is 2. The third kappa shape index (κ3) is 14.9. The van der Waals surface area contributed by atoms with Gasteiger partial charge >= 0.3 is 28.1 Å². The van der Waals surface area contributed by atoms with Crippen LogP contribution in [0.2, 0.25) is 0 Å². The molecule has 2 atom stereocenters. The van der Waals surface area contributed by atoms with Gasteiger partial charge in [-0.1, -0.05) is 18.6 Å². The van der Waals surface area contributed by atoms with E-state index in [9.17, 15) is 93.0 Å². The highest BCUT2D eigenvalue weighted by molar-refractivity contribution is 7.86. The number of aromatic nitrogens is 1. The van der Waals surface area contributed by atoms with Gasteiger partial charge in [0.2, 0.25) is 11.8 Å². The first kappa shape index (κ1) is 68.2. The summed E-state index contributed by atoms with van der Waals surface area (Å²) in [4.78, 5) is 153. The Kier molecular flexibility index (Phi) is 20.1. The van der Waals surface area contributed by atoms with Crippen molar-refractivity contribution in [3.05, 3.63) is 91.8 Å². The molecular formula is C52H60BF2N7O21P2S4. The Morgan fingerprint density at radius 2 is 1.22 bits per heavy atom. The number of ketones is 1. The third-order valence-electron chi connectivity index (χ3n) is 15.2. The fourth-order valence-electron chi connectivity index (χ4n) is 11.1. The third-order valence-corrected chi connectivity index (χ3v) is 22.0. The zero-order valence-corrected chi connectivity index (χ0v) is 52.8. The number of hydroxylamine groups is 2. The maximum atomic E-state index is 18.4. The summed E-state index contributed by atoms with van der Waals surface area (Å²) >= 11 is 0.929. The number of imide groups is 1. The van der Waals surface area contributed by atoms with Gasteiger partial charge in [0.05, 0.1) is 44.4 Å². The number of halogens is 2. The number of rotatable bonds is 9. The highest BCUT2D eigenvalue weighted by Gasteiger charge is 2.58. The van der Waals surface area contributed by atoms with Gasteiger partial charge in [0, 0.05) is 73.9 Å². The molecule has 0 radical (unpaired) electrons. The maximum absolute atomic E-state index is 18.4. The Morgan fingerprint density at radius 3 is 1.76 bits per heavy atom. The van der Waals surface area contributed by atoms with E-state index in [1.54, 1.807) is 0 Å². The van der Waals surface area contributed by atoms with Crippen LogP contribution < -0.4 is 30.5 Å². The summed E-state index contributed by atoms with van der Waals surface area (Å²) in [6, 6.07) is 5.01. The molecule has 9 rings (SSSR count). The van der Waals surface area contributed by atoms with Crippen molar-refractivity contribution in [2.24, 2.45) is 5.92 Å². The largest absolute Gasteiger partial charge is 0.737 e. The van der Waals surface area contributed by atoms with Crippen LogP contribution in [0.5, 0.6) is 0 Å². The Balaban J connectivity index is 1.25. The number of Topliss-reactive ketones (excluding diaryl/α,β-unsaturated/α-hetero) is 1. The van der Waals surface area contributed by atoms with E-state index in [0.717, 1.165) is 12.1 Å². The van der Waals surface area contributed by atoms with Crippen LogP contribution in [-0.2, 0) is 58.2 Å². The van der Waals surface area contributed by atoms with Gasteiger partial charge in [-0.2, -0.15) is 16.8 Å². The van der Waals surface area contributed by atoms with Crippen LogP contribution >= 0.6 is 37.9 Å². The van der Waals surface area contributed by atoms with E-state index >= 15 is 8.63 Å². The minimum absolute atomic E-state index is 0.0268. The van der Waals surface area contributed by atoms with Crippen LogP contribution in [0.3, 0.4) is 0 Å². The molecule has 3 aromatic heterocycles. The summed E-state index contributed by atoms with van der Waals surface area (Å²) in [5.74, 6) is -12.2. The first-order valence-electron chi connectivity index (χ1n) is 27.4. The molecule has 28 nitrogen and oxygen atoms in total. The Morgan fingerprint density at radius 1 is 0.708 bits per heavy atom. The molecule has 1 saturated heterocycles. The number of nitrogens with zero attached hydrogens (tertiary/aromatic N) is 3. The first-order chi connectivity index (χ1) is 41.4. The number of amides is 6. The van der Waals surface area contributed by atoms with E-state index in [0.29, 0.717) is 36.7 Å². The predicted molar refractivity (Wildman–Crippen MR) is 319 cm³/mol. The van der Waals surface area contributed by atoms with Gasteiger partial charge in [0.25, 0.3) is 43.9 Å². The molecule has 1 aromatic carbocycles. The normalized spacial score (nSPS) is 20.2. The van der Waals surface area contributed by atoms with Gasteiger partial charge in [0.15, 0.2) is 5.70 Å². The van der Waals surface area contributed by atoms with Gasteiger partial charge in [-0.05, 0) is 94.0 Å². The molecule has 5 aliphatic rings. The molecule has 480 valence electrons. The minimum atomic E-state index is -5.18. The van der Waals surface area contributed by atoms with Gasteiger partial charge in [-0.3, -0.25) is 51.8 Å². The van der Waals surface area contributed by atoms with Crippen molar-refractivity contribution in [1.29, 1.82) is 0 Å². The monoisotopic (exact) mass is 1360 g/mol. The van der Waals surface area contributed by atoms with Crippen LogP contribution in [0.1, 0.15) is 137 Å². The summed E-state index contributed by atoms with van der Waals surface area (Å²) in [5, 5.41) is 10.0. The standard InChI is InChI=1S/C52H60BF2N7O21P2S4/c1-26-41-28(3)60-44(26)43(30-12-14-31(15-13-30)52(70)83-62-37(64)16-17-38(62)65)45-27(2)42(29(4)61(45)53(60,54)55)47-35(23-40(87-47)85(74,75)76)50(68)57-19-9-6-10-20-58-51(69)36(25-89(80,81)82)59-48(66)32(24-88(77,78)79)21-33(63)11-7-5-8-18-56-49(67)34-22-39(84(71,72)73)86-46(34)41/h12-15,22-23,32,36H,5-11,16-21,24-25H2,1-4H3,(H,56,67)(H,57,68)(H,58,69)(H,59,66)(H2,71,72,73)(H2,74,75,76)(H,77,78,79)(H,80,81,82). The van der Waals surface area contributed by atoms with Gasteiger partial charge in [-0.15, -0.1) is 27.7 Å². The first-order valence-corrected chi connectivity index (χ1v) is 35.5. The number of benzene rings is 1. The fourth-order valence-corrected chi connectivity index (χ4v) is 16.7. The second kappa shape index (κ2) is 26.2. The van der Waals surface area contributed by atoms with Gasteiger partial charge in [0.1, 0.15) is 32.5 Å². The SMILES string of the molecule is CC1=C2C(C)=[N+]3C1=C(c1ccc(C(=O)ON4C(=O)CCC4=O)cc1)c1c(C)c(c(C)n1[B-]3(F)F)-c1sc(P(=O)(O)O)cc1C(=O)NCCCCCC(=O)CC(CS(=O)(=O)O)C(=O)NC(CS(=O)(=O)O)C(=O)NCCCCCNC(=O)c1cc(P(=O)(O)O)sc12. The smallest absolute Gasteiger partial charge is 0.393 e. The van der Waals surface area contributed by atoms with Crippen molar-refractivity contribution in [3.63, 3.8) is 0 Å². The van der Waals surface area contributed by atoms with Crippen molar-refractivity contribution >= 4 is 138 Å². The number of fused-ring (bicyclic) bond motifs is 21. The predicted octanol–water partition coefficient (Wildman–Crippen LogP) is 2.83. The molecule has 6 bridgehead atoms. The van der Waals surface area contributed by atoms with E-state index in [-0.39, 0.29) is 160 Å². The van der Waals surface area contributed by atoms with Crippen molar-refractivity contribution in [2.75, 3.05) is 31.1 Å². The van der Waals surface area contributed by atoms with E-state index in [2.05, 4.69) is 16.0 Å². The van der Waals surface area contributed by atoms with E-state index in [4.69, 9.17) is 4.84 Å². The van der Waals surface area contributed by atoms with Crippen LogP contribution in [0.4, 0.5) is 8.63 Å². The number of hydrogen-bond acceptors (Lipinski definition) is 17. The molecule has 0 aliphatic carbocycles. The van der Waals surface area contributed by atoms with Crippen molar-refractivity contribution in [3.8, 4) is 10.4 Å². The number of allylic oxidation sites excluding steroid dienone is 2. The zero-order valence-electron chi connectivity index (χ0n) is 47.7. The topological polar surface area (TPSA) is 429 Å². The van der Waals surface area contributed by atoms with Crippen molar-refractivity contribution in [2.45, 2.75) is 97.9 Å². The number of carbonyl (C=O) groups is 8.